The number of rotatable bonds is 4. The van der Waals surface area contributed by atoms with Crippen LogP contribution in [0.1, 0.15) is 18.9 Å². The molecule has 1 aromatic rings. The van der Waals surface area contributed by atoms with Gasteiger partial charge in [-0.2, -0.15) is 13.2 Å². The molecule has 0 saturated heterocycles. The number of amides is 1. The number of halogens is 3. The van der Waals surface area contributed by atoms with Gasteiger partial charge >= 0.3 is 6.18 Å². The second-order valence-corrected chi connectivity index (χ2v) is 4.02. The Balaban J connectivity index is 2.89. The number of alkyl halides is 3. The molecule has 0 radical (unpaired) electrons. The predicted octanol–water partition coefficient (Wildman–Crippen LogP) is 1.96. The summed E-state index contributed by atoms with van der Waals surface area (Å²) in [6, 6.07) is 3.14. The number of carbonyl (C=O) groups is 1. The number of nitrogens with one attached hydrogen (secondary N) is 1. The topological polar surface area (TPSA) is 81.1 Å². The Bertz CT molecular complexity index is 446. The van der Waals surface area contributed by atoms with Crippen LogP contribution in [0.15, 0.2) is 18.2 Å². The van der Waals surface area contributed by atoms with E-state index >= 15 is 0 Å². The summed E-state index contributed by atoms with van der Waals surface area (Å²) in [5.74, 6) is -0.526. The SMILES string of the molecule is CC(CC(N)=O)Nc1ccc(N)c(C(F)(F)F)c1. The molecule has 0 fully saturated rings. The highest BCUT2D eigenvalue weighted by Crippen LogP contribution is 2.35. The van der Waals surface area contributed by atoms with Gasteiger partial charge in [0.2, 0.25) is 5.91 Å². The molecular weight excluding hydrogens is 247 g/mol. The molecule has 1 aromatic carbocycles. The van der Waals surface area contributed by atoms with Crippen LogP contribution < -0.4 is 16.8 Å². The zero-order valence-corrected chi connectivity index (χ0v) is 9.71. The lowest BCUT2D eigenvalue weighted by molar-refractivity contribution is -0.136. The number of anilines is 2. The fourth-order valence-corrected chi connectivity index (χ4v) is 1.53. The number of nitrogens with two attached hydrogens (primary N) is 2. The van der Waals surface area contributed by atoms with Crippen molar-refractivity contribution < 1.29 is 18.0 Å². The summed E-state index contributed by atoms with van der Waals surface area (Å²) in [7, 11) is 0. The van der Waals surface area contributed by atoms with E-state index in [0.29, 0.717) is 0 Å². The summed E-state index contributed by atoms with van der Waals surface area (Å²) in [6.45, 7) is 1.65. The lowest BCUT2D eigenvalue weighted by Gasteiger charge is -2.16. The second kappa shape index (κ2) is 5.16. The smallest absolute Gasteiger partial charge is 0.398 e. The van der Waals surface area contributed by atoms with Gasteiger partial charge < -0.3 is 16.8 Å². The van der Waals surface area contributed by atoms with Gasteiger partial charge in [0, 0.05) is 23.8 Å². The van der Waals surface area contributed by atoms with Crippen molar-refractivity contribution in [3.63, 3.8) is 0 Å². The third-order valence-corrected chi connectivity index (χ3v) is 2.28. The van der Waals surface area contributed by atoms with Crippen molar-refractivity contribution >= 4 is 17.3 Å². The number of benzene rings is 1. The van der Waals surface area contributed by atoms with Crippen LogP contribution in [0.4, 0.5) is 24.5 Å². The van der Waals surface area contributed by atoms with Crippen molar-refractivity contribution in [2.75, 3.05) is 11.1 Å². The van der Waals surface area contributed by atoms with Crippen molar-refractivity contribution in [3.05, 3.63) is 23.8 Å². The Morgan fingerprint density at radius 3 is 2.56 bits per heavy atom. The molecule has 1 rings (SSSR count). The standard InChI is InChI=1S/C11H14F3N3O/c1-6(4-10(16)18)17-7-2-3-9(15)8(5-7)11(12,13)14/h2-3,5-6,17H,4,15H2,1H3,(H2,16,18). The van der Waals surface area contributed by atoms with Gasteiger partial charge in [-0.1, -0.05) is 0 Å². The minimum Gasteiger partial charge on any atom is -0.398 e. The largest absolute Gasteiger partial charge is 0.418 e. The molecule has 1 amide bonds. The number of primary amides is 1. The third kappa shape index (κ3) is 3.83. The predicted molar refractivity (Wildman–Crippen MR) is 62.8 cm³/mol. The normalized spacial score (nSPS) is 13.1. The highest BCUT2D eigenvalue weighted by molar-refractivity contribution is 5.75. The summed E-state index contributed by atoms with van der Waals surface area (Å²) in [4.78, 5) is 10.7. The molecule has 1 atom stereocenters. The Hall–Kier alpha value is -1.92. The fourth-order valence-electron chi connectivity index (χ4n) is 1.53. The number of hydrogen-bond donors (Lipinski definition) is 3. The average Bonchev–Trinajstić information content (AvgIpc) is 2.17. The maximum atomic E-state index is 12.6. The minimum absolute atomic E-state index is 0.0335. The van der Waals surface area contributed by atoms with Gasteiger partial charge in [-0.25, -0.2) is 0 Å². The molecule has 7 heteroatoms. The highest BCUT2D eigenvalue weighted by atomic mass is 19.4. The summed E-state index contributed by atoms with van der Waals surface area (Å²) in [5, 5.41) is 2.76. The lowest BCUT2D eigenvalue weighted by atomic mass is 10.1. The molecule has 100 valence electrons. The Labute approximate surface area is 102 Å². The molecule has 0 aliphatic rings. The van der Waals surface area contributed by atoms with Crippen LogP contribution in [0.2, 0.25) is 0 Å². The Morgan fingerprint density at radius 1 is 1.44 bits per heavy atom. The van der Waals surface area contributed by atoms with Crippen LogP contribution in [0.25, 0.3) is 0 Å². The zero-order valence-electron chi connectivity index (χ0n) is 9.71. The fraction of sp³-hybridized carbons (Fsp3) is 0.364. The molecule has 0 bridgehead atoms. The lowest BCUT2D eigenvalue weighted by Crippen LogP contribution is -2.24. The van der Waals surface area contributed by atoms with E-state index in [4.69, 9.17) is 11.5 Å². The van der Waals surface area contributed by atoms with E-state index in [0.717, 1.165) is 6.07 Å². The first-order valence-corrected chi connectivity index (χ1v) is 5.21. The summed E-state index contributed by atoms with van der Waals surface area (Å²) in [6.07, 6.45) is -4.47. The summed E-state index contributed by atoms with van der Waals surface area (Å²) < 4.78 is 37.8. The molecule has 0 aliphatic heterocycles. The molecule has 0 heterocycles. The first-order valence-electron chi connectivity index (χ1n) is 5.21. The first kappa shape index (κ1) is 14.1. The maximum absolute atomic E-state index is 12.6. The van der Waals surface area contributed by atoms with E-state index in [-0.39, 0.29) is 23.8 Å². The van der Waals surface area contributed by atoms with Crippen LogP contribution in [-0.2, 0) is 11.0 Å². The van der Waals surface area contributed by atoms with Crippen LogP contribution in [0.3, 0.4) is 0 Å². The Morgan fingerprint density at radius 2 is 2.06 bits per heavy atom. The van der Waals surface area contributed by atoms with Gasteiger partial charge in [-0.15, -0.1) is 0 Å². The molecule has 0 spiro atoms. The molecule has 5 N–H and O–H groups in total. The van der Waals surface area contributed by atoms with E-state index in [2.05, 4.69) is 5.32 Å². The van der Waals surface area contributed by atoms with Gasteiger partial charge in [0.1, 0.15) is 0 Å². The van der Waals surface area contributed by atoms with Crippen molar-refractivity contribution in [1.82, 2.24) is 0 Å². The van der Waals surface area contributed by atoms with Gasteiger partial charge in [-0.05, 0) is 25.1 Å². The van der Waals surface area contributed by atoms with Crippen LogP contribution in [-0.4, -0.2) is 11.9 Å². The second-order valence-electron chi connectivity index (χ2n) is 4.02. The maximum Gasteiger partial charge on any atom is 0.418 e. The first-order chi connectivity index (χ1) is 8.20. The Kier molecular flexibility index (Phi) is 4.05. The average molecular weight is 261 g/mol. The minimum atomic E-state index is -4.51. The van der Waals surface area contributed by atoms with Crippen molar-refractivity contribution in [1.29, 1.82) is 0 Å². The van der Waals surface area contributed by atoms with Gasteiger partial charge in [0.15, 0.2) is 0 Å². The van der Waals surface area contributed by atoms with Crippen LogP contribution >= 0.6 is 0 Å². The molecule has 0 saturated carbocycles. The van der Waals surface area contributed by atoms with Gasteiger partial charge in [-0.3, -0.25) is 4.79 Å². The van der Waals surface area contributed by atoms with Gasteiger partial charge in [0.05, 0.1) is 5.56 Å². The third-order valence-electron chi connectivity index (χ3n) is 2.28. The zero-order chi connectivity index (χ0) is 13.9. The van der Waals surface area contributed by atoms with Gasteiger partial charge in [0.25, 0.3) is 0 Å². The van der Waals surface area contributed by atoms with E-state index in [1.807, 2.05) is 0 Å². The van der Waals surface area contributed by atoms with E-state index in [9.17, 15) is 18.0 Å². The van der Waals surface area contributed by atoms with E-state index in [1.165, 1.54) is 12.1 Å². The number of hydrogen-bond acceptors (Lipinski definition) is 3. The van der Waals surface area contributed by atoms with Crippen LogP contribution in [0, 0.1) is 0 Å². The van der Waals surface area contributed by atoms with E-state index in [1.54, 1.807) is 6.92 Å². The molecule has 1 unspecified atom stereocenters. The summed E-state index contributed by atoms with van der Waals surface area (Å²) >= 11 is 0. The quantitative estimate of drug-likeness (QED) is 0.725. The number of nitrogen functional groups attached to an aromatic ring is 1. The molecular formula is C11H14F3N3O. The van der Waals surface area contributed by atoms with E-state index < -0.39 is 17.6 Å². The van der Waals surface area contributed by atoms with Crippen LogP contribution in [0.5, 0.6) is 0 Å². The van der Waals surface area contributed by atoms with Crippen molar-refractivity contribution in [2.24, 2.45) is 5.73 Å². The molecule has 0 aromatic heterocycles. The summed E-state index contributed by atoms with van der Waals surface area (Å²) in [5.41, 5.74) is 9.26. The molecule has 18 heavy (non-hydrogen) atoms. The monoisotopic (exact) mass is 261 g/mol. The molecule has 4 nitrogen and oxygen atoms in total. The van der Waals surface area contributed by atoms with Crippen molar-refractivity contribution in [3.8, 4) is 0 Å². The number of carbonyl (C=O) groups excluding carboxylic acids is 1. The molecule has 0 aliphatic carbocycles. The van der Waals surface area contributed by atoms with Crippen molar-refractivity contribution in [2.45, 2.75) is 25.6 Å². The highest BCUT2D eigenvalue weighted by Gasteiger charge is 2.33.